The molecule has 0 spiro atoms. The summed E-state index contributed by atoms with van der Waals surface area (Å²) in [6.07, 6.45) is 1.64. The van der Waals surface area contributed by atoms with Gasteiger partial charge in [-0.25, -0.2) is 0 Å². The van der Waals surface area contributed by atoms with Crippen molar-refractivity contribution in [3.63, 3.8) is 0 Å². The summed E-state index contributed by atoms with van der Waals surface area (Å²) < 4.78 is 1.87. The minimum absolute atomic E-state index is 0.225. The summed E-state index contributed by atoms with van der Waals surface area (Å²) in [5, 5.41) is 10.5. The molecule has 1 atom stereocenters. The Hall–Kier alpha value is -2.21. The lowest BCUT2D eigenvalue weighted by atomic mass is 10.1. The average molecular weight is 259 g/mol. The molecule has 6 heteroatoms. The highest BCUT2D eigenvalue weighted by Gasteiger charge is 2.15. The molecule has 0 saturated heterocycles. The Bertz CT molecular complexity index is 537. The molecule has 1 heterocycles. The van der Waals surface area contributed by atoms with Crippen molar-refractivity contribution in [2.24, 2.45) is 5.73 Å². The van der Waals surface area contributed by atoms with E-state index in [0.29, 0.717) is 6.54 Å². The number of aryl methyl sites for hydroxylation is 1. The van der Waals surface area contributed by atoms with Gasteiger partial charge in [0.05, 0.1) is 6.54 Å². The first kappa shape index (κ1) is 13.2. The Morgan fingerprint density at radius 2 is 2.16 bits per heavy atom. The molecule has 1 aromatic heterocycles. The molecule has 0 aliphatic heterocycles. The van der Waals surface area contributed by atoms with Gasteiger partial charge in [0.2, 0.25) is 5.91 Å². The van der Waals surface area contributed by atoms with Crippen LogP contribution in [0.4, 0.5) is 0 Å². The number of hydrogen-bond donors (Lipinski definition) is 2. The van der Waals surface area contributed by atoms with E-state index in [-0.39, 0.29) is 5.91 Å². The smallest absolute Gasteiger partial charge is 0.241 e. The zero-order valence-electron chi connectivity index (χ0n) is 10.8. The van der Waals surface area contributed by atoms with Gasteiger partial charge in [-0.2, -0.15) is 0 Å². The van der Waals surface area contributed by atoms with Crippen LogP contribution in [0.1, 0.15) is 24.4 Å². The molecule has 0 bridgehead atoms. The molecular weight excluding hydrogens is 242 g/mol. The van der Waals surface area contributed by atoms with E-state index in [0.717, 1.165) is 17.9 Å². The number of carbonyl (C=O) groups is 1. The number of benzene rings is 1. The van der Waals surface area contributed by atoms with Crippen molar-refractivity contribution >= 4 is 5.91 Å². The third-order valence-electron chi connectivity index (χ3n) is 2.90. The van der Waals surface area contributed by atoms with Crippen molar-refractivity contribution < 1.29 is 4.79 Å². The summed E-state index contributed by atoms with van der Waals surface area (Å²) >= 11 is 0. The summed E-state index contributed by atoms with van der Waals surface area (Å²) in [5.41, 5.74) is 6.68. The Balaban J connectivity index is 1.95. The van der Waals surface area contributed by atoms with E-state index < -0.39 is 6.04 Å². The lowest BCUT2D eigenvalue weighted by Crippen LogP contribution is -2.34. The Kier molecular flexibility index (Phi) is 4.25. The molecular formula is C13H17N5O. The fraction of sp³-hybridized carbons (Fsp3) is 0.308. The maximum absolute atomic E-state index is 11.9. The Morgan fingerprint density at radius 1 is 1.42 bits per heavy atom. The number of aromatic nitrogens is 3. The van der Waals surface area contributed by atoms with Crippen LogP contribution in [0.3, 0.4) is 0 Å². The Labute approximate surface area is 111 Å². The van der Waals surface area contributed by atoms with Gasteiger partial charge in [0.1, 0.15) is 12.4 Å². The van der Waals surface area contributed by atoms with Crippen molar-refractivity contribution in [3.05, 3.63) is 48.0 Å². The molecule has 1 aromatic carbocycles. The van der Waals surface area contributed by atoms with Crippen LogP contribution in [0.15, 0.2) is 36.7 Å². The largest absolute Gasteiger partial charge is 0.347 e. The second-order valence-corrected chi connectivity index (χ2v) is 4.14. The van der Waals surface area contributed by atoms with E-state index in [4.69, 9.17) is 5.73 Å². The lowest BCUT2D eigenvalue weighted by Gasteiger charge is -2.12. The molecule has 100 valence electrons. The zero-order valence-corrected chi connectivity index (χ0v) is 10.8. The zero-order chi connectivity index (χ0) is 13.7. The van der Waals surface area contributed by atoms with Crippen molar-refractivity contribution in [1.29, 1.82) is 0 Å². The van der Waals surface area contributed by atoms with Gasteiger partial charge in [0.15, 0.2) is 5.82 Å². The van der Waals surface area contributed by atoms with E-state index in [2.05, 4.69) is 15.5 Å². The summed E-state index contributed by atoms with van der Waals surface area (Å²) in [6, 6.07) is 8.60. The van der Waals surface area contributed by atoms with Gasteiger partial charge in [0.25, 0.3) is 0 Å². The van der Waals surface area contributed by atoms with Crippen molar-refractivity contribution in [3.8, 4) is 0 Å². The van der Waals surface area contributed by atoms with Crippen LogP contribution < -0.4 is 11.1 Å². The molecule has 6 nitrogen and oxygen atoms in total. The third kappa shape index (κ3) is 3.17. The van der Waals surface area contributed by atoms with Crippen LogP contribution in [-0.2, 0) is 17.9 Å². The van der Waals surface area contributed by atoms with E-state index in [1.165, 1.54) is 0 Å². The highest BCUT2D eigenvalue weighted by Crippen LogP contribution is 2.09. The number of nitrogens with one attached hydrogen (secondary N) is 1. The molecule has 1 amide bonds. The molecule has 0 saturated carbocycles. The minimum atomic E-state index is -0.667. The summed E-state index contributed by atoms with van der Waals surface area (Å²) in [7, 11) is 0. The predicted octanol–water partition coefficient (Wildman–Crippen LogP) is 0.614. The lowest BCUT2D eigenvalue weighted by molar-refractivity contribution is -0.122. The van der Waals surface area contributed by atoms with E-state index >= 15 is 0 Å². The summed E-state index contributed by atoms with van der Waals surface area (Å²) in [6.45, 7) is 3.08. The second-order valence-electron chi connectivity index (χ2n) is 4.14. The predicted molar refractivity (Wildman–Crippen MR) is 70.9 cm³/mol. The van der Waals surface area contributed by atoms with E-state index in [1.54, 1.807) is 6.33 Å². The van der Waals surface area contributed by atoms with Gasteiger partial charge in [-0.15, -0.1) is 10.2 Å². The van der Waals surface area contributed by atoms with Gasteiger partial charge >= 0.3 is 0 Å². The number of amides is 1. The molecule has 0 radical (unpaired) electrons. The van der Waals surface area contributed by atoms with Crippen LogP contribution in [-0.4, -0.2) is 20.7 Å². The molecule has 0 aliphatic carbocycles. The average Bonchev–Trinajstić information content (AvgIpc) is 2.92. The first-order chi connectivity index (χ1) is 9.22. The molecule has 2 aromatic rings. The van der Waals surface area contributed by atoms with Gasteiger partial charge in [-0.3, -0.25) is 4.79 Å². The summed E-state index contributed by atoms with van der Waals surface area (Å²) in [5.74, 6) is 0.493. The van der Waals surface area contributed by atoms with E-state index in [1.807, 2.05) is 41.8 Å². The maximum atomic E-state index is 11.9. The van der Waals surface area contributed by atoms with Crippen LogP contribution in [0.5, 0.6) is 0 Å². The van der Waals surface area contributed by atoms with Crippen LogP contribution in [0, 0.1) is 0 Å². The fourth-order valence-corrected chi connectivity index (χ4v) is 1.77. The molecule has 19 heavy (non-hydrogen) atoms. The molecule has 3 N–H and O–H groups in total. The molecule has 0 fully saturated rings. The van der Waals surface area contributed by atoms with Crippen molar-refractivity contribution in [2.45, 2.75) is 26.1 Å². The first-order valence-corrected chi connectivity index (χ1v) is 6.17. The number of hydrogen-bond acceptors (Lipinski definition) is 4. The molecule has 0 aliphatic rings. The number of rotatable bonds is 5. The Morgan fingerprint density at radius 3 is 2.84 bits per heavy atom. The first-order valence-electron chi connectivity index (χ1n) is 6.17. The minimum Gasteiger partial charge on any atom is -0.347 e. The van der Waals surface area contributed by atoms with Crippen LogP contribution >= 0.6 is 0 Å². The van der Waals surface area contributed by atoms with Gasteiger partial charge in [-0.1, -0.05) is 30.3 Å². The third-order valence-corrected chi connectivity index (χ3v) is 2.90. The number of carbonyl (C=O) groups excluding carboxylic acids is 1. The summed E-state index contributed by atoms with van der Waals surface area (Å²) in [4.78, 5) is 11.9. The quantitative estimate of drug-likeness (QED) is 0.824. The van der Waals surface area contributed by atoms with Gasteiger partial charge < -0.3 is 15.6 Å². The van der Waals surface area contributed by atoms with Crippen molar-refractivity contribution in [1.82, 2.24) is 20.1 Å². The van der Waals surface area contributed by atoms with E-state index in [9.17, 15) is 4.79 Å². The maximum Gasteiger partial charge on any atom is 0.241 e. The fourth-order valence-electron chi connectivity index (χ4n) is 1.77. The topological polar surface area (TPSA) is 85.8 Å². The second kappa shape index (κ2) is 6.10. The molecule has 2 rings (SSSR count). The van der Waals surface area contributed by atoms with Gasteiger partial charge in [-0.05, 0) is 12.5 Å². The standard InChI is InChI=1S/C13H17N5O/c1-2-18-9-16-17-11(18)8-15-13(19)12(14)10-6-4-3-5-7-10/h3-7,9,12H,2,8,14H2,1H3,(H,15,19). The highest BCUT2D eigenvalue weighted by atomic mass is 16.2. The number of nitrogens with zero attached hydrogens (tertiary/aromatic N) is 3. The van der Waals surface area contributed by atoms with Crippen LogP contribution in [0.25, 0.3) is 0 Å². The molecule has 1 unspecified atom stereocenters. The number of nitrogens with two attached hydrogens (primary N) is 1. The normalized spacial score (nSPS) is 12.1. The van der Waals surface area contributed by atoms with Crippen molar-refractivity contribution in [2.75, 3.05) is 0 Å². The SMILES string of the molecule is CCn1cnnc1CNC(=O)C(N)c1ccccc1. The monoisotopic (exact) mass is 259 g/mol. The highest BCUT2D eigenvalue weighted by molar-refractivity contribution is 5.82. The van der Waals surface area contributed by atoms with Gasteiger partial charge in [0, 0.05) is 6.54 Å². The van der Waals surface area contributed by atoms with Crippen LogP contribution in [0.2, 0.25) is 0 Å².